The summed E-state index contributed by atoms with van der Waals surface area (Å²) in [6, 6.07) is 12.6. The smallest absolute Gasteiger partial charge is 0.276 e. The number of hydrogen-bond acceptors (Lipinski definition) is 5. The third-order valence-corrected chi connectivity index (χ3v) is 4.90. The minimum absolute atomic E-state index is 0.0355. The van der Waals surface area contributed by atoms with E-state index in [4.69, 9.17) is 33.3 Å². The average Bonchev–Trinajstić information content (AvgIpc) is 2.69. The van der Waals surface area contributed by atoms with Crippen LogP contribution in [0, 0.1) is 0 Å². The van der Waals surface area contributed by atoms with Crippen LogP contribution in [0.5, 0.6) is 11.5 Å². The molecule has 31 heavy (non-hydrogen) atoms. The summed E-state index contributed by atoms with van der Waals surface area (Å²) >= 11 is 14.3. The van der Waals surface area contributed by atoms with Gasteiger partial charge in [0.05, 0.1) is 5.02 Å². The predicted molar refractivity (Wildman–Crippen MR) is 127 cm³/mol. The van der Waals surface area contributed by atoms with E-state index in [9.17, 15) is 9.59 Å². The highest BCUT2D eigenvalue weighted by atomic mass is 79.9. The maximum atomic E-state index is 12.0. The number of hydrogen-bond donors (Lipinski definition) is 3. The minimum Gasteiger partial charge on any atom is -0.484 e. The molecular weight excluding hydrogens is 506 g/mol. The molecule has 0 aromatic heterocycles. The number of benzene rings is 2. The number of halogens is 2. The fourth-order valence-electron chi connectivity index (χ4n) is 2.29. The number of ether oxygens (including phenoxy) is 2. The van der Waals surface area contributed by atoms with E-state index in [-0.39, 0.29) is 23.7 Å². The third-order valence-electron chi connectivity index (χ3n) is 3.91. The zero-order valence-corrected chi connectivity index (χ0v) is 20.4. The standard InChI is InChI=1S/C21H23BrClN3O4S/c1-21(2,3)13-4-7-15(8-5-13)29-11-18(27)24-20(31)26-25-19(28)12-30-17-9-6-14(22)10-16(17)23/h4-10H,11-12H2,1-3H3,(H,25,28)(H2,24,26,27,31). The van der Waals surface area contributed by atoms with E-state index in [1.807, 2.05) is 24.3 Å². The molecule has 0 saturated heterocycles. The van der Waals surface area contributed by atoms with Gasteiger partial charge in [-0.3, -0.25) is 25.8 Å². The summed E-state index contributed by atoms with van der Waals surface area (Å²) in [7, 11) is 0. The van der Waals surface area contributed by atoms with Gasteiger partial charge >= 0.3 is 0 Å². The molecule has 3 N–H and O–H groups in total. The largest absolute Gasteiger partial charge is 0.484 e. The summed E-state index contributed by atoms with van der Waals surface area (Å²) in [5, 5.41) is 2.69. The lowest BCUT2D eigenvalue weighted by Crippen LogP contribution is -2.50. The number of amides is 2. The Balaban J connectivity index is 1.68. The van der Waals surface area contributed by atoms with Crippen LogP contribution in [-0.2, 0) is 15.0 Å². The van der Waals surface area contributed by atoms with E-state index in [1.54, 1.807) is 18.2 Å². The van der Waals surface area contributed by atoms with Crippen LogP contribution in [0.1, 0.15) is 26.3 Å². The quantitative estimate of drug-likeness (QED) is 0.390. The molecule has 2 aromatic carbocycles. The van der Waals surface area contributed by atoms with E-state index >= 15 is 0 Å². The van der Waals surface area contributed by atoms with Gasteiger partial charge in [0.25, 0.3) is 11.8 Å². The lowest BCUT2D eigenvalue weighted by atomic mass is 9.87. The fourth-order valence-corrected chi connectivity index (χ4v) is 3.18. The summed E-state index contributed by atoms with van der Waals surface area (Å²) in [5.74, 6) is -0.0435. The molecule has 0 aliphatic heterocycles. The van der Waals surface area contributed by atoms with E-state index in [1.165, 1.54) is 0 Å². The molecule has 0 spiro atoms. The Morgan fingerprint density at radius 2 is 1.65 bits per heavy atom. The number of rotatable bonds is 6. The van der Waals surface area contributed by atoms with Crippen molar-refractivity contribution in [3.8, 4) is 11.5 Å². The number of thiocarbonyl (C=S) groups is 1. The van der Waals surface area contributed by atoms with Gasteiger partial charge in [0, 0.05) is 4.47 Å². The topological polar surface area (TPSA) is 88.7 Å². The Labute approximate surface area is 199 Å². The summed E-state index contributed by atoms with van der Waals surface area (Å²) in [4.78, 5) is 23.8. The molecule has 0 bridgehead atoms. The summed E-state index contributed by atoms with van der Waals surface area (Å²) in [6.07, 6.45) is 0. The lowest BCUT2D eigenvalue weighted by Gasteiger charge is -2.19. The van der Waals surface area contributed by atoms with Gasteiger partial charge in [-0.2, -0.15) is 0 Å². The Bertz CT molecular complexity index is 949. The SMILES string of the molecule is CC(C)(C)c1ccc(OCC(=O)NC(=S)NNC(=O)COc2ccc(Br)cc2Cl)cc1. The number of nitrogens with one attached hydrogen (secondary N) is 3. The Hall–Kier alpha value is -2.36. The molecule has 0 aliphatic carbocycles. The highest BCUT2D eigenvalue weighted by molar-refractivity contribution is 9.10. The zero-order chi connectivity index (χ0) is 23.0. The first-order valence-electron chi connectivity index (χ1n) is 9.24. The van der Waals surface area contributed by atoms with Crippen molar-refractivity contribution in [3.05, 3.63) is 57.5 Å². The first-order valence-corrected chi connectivity index (χ1v) is 10.8. The van der Waals surface area contributed by atoms with E-state index in [0.29, 0.717) is 16.5 Å². The molecule has 2 rings (SSSR count). The summed E-state index contributed by atoms with van der Waals surface area (Å²) < 4.78 is 11.6. The van der Waals surface area contributed by atoms with Crippen LogP contribution in [0.25, 0.3) is 0 Å². The van der Waals surface area contributed by atoms with Crippen LogP contribution in [0.15, 0.2) is 46.9 Å². The first-order chi connectivity index (χ1) is 14.5. The molecule has 0 radical (unpaired) electrons. The first kappa shape index (κ1) is 24.9. The Kier molecular flexibility index (Phi) is 9.09. The van der Waals surface area contributed by atoms with Gasteiger partial charge < -0.3 is 9.47 Å². The Morgan fingerprint density at radius 1 is 1.00 bits per heavy atom. The van der Waals surface area contributed by atoms with Crippen molar-refractivity contribution in [3.63, 3.8) is 0 Å². The van der Waals surface area contributed by atoms with Crippen molar-refractivity contribution >= 4 is 56.7 Å². The van der Waals surface area contributed by atoms with Crippen LogP contribution in [0.4, 0.5) is 0 Å². The summed E-state index contributed by atoms with van der Waals surface area (Å²) in [5.41, 5.74) is 5.94. The molecule has 10 heteroatoms. The predicted octanol–water partition coefficient (Wildman–Crippen LogP) is 3.88. The van der Waals surface area contributed by atoms with Crippen molar-refractivity contribution in [2.45, 2.75) is 26.2 Å². The highest BCUT2D eigenvalue weighted by Crippen LogP contribution is 2.27. The fraction of sp³-hybridized carbons (Fsp3) is 0.286. The van der Waals surface area contributed by atoms with Crippen LogP contribution >= 0.6 is 39.7 Å². The molecule has 166 valence electrons. The van der Waals surface area contributed by atoms with Crippen molar-refractivity contribution in [1.82, 2.24) is 16.2 Å². The molecule has 0 fully saturated rings. The van der Waals surface area contributed by atoms with Crippen LogP contribution in [0.3, 0.4) is 0 Å². The van der Waals surface area contributed by atoms with Crippen molar-refractivity contribution < 1.29 is 19.1 Å². The molecule has 0 atom stereocenters. The zero-order valence-electron chi connectivity index (χ0n) is 17.3. The monoisotopic (exact) mass is 527 g/mol. The second kappa shape index (κ2) is 11.3. The van der Waals surface area contributed by atoms with Gasteiger partial charge in [-0.25, -0.2) is 0 Å². The van der Waals surface area contributed by atoms with Crippen LogP contribution in [0.2, 0.25) is 5.02 Å². The molecule has 2 amide bonds. The van der Waals surface area contributed by atoms with E-state index < -0.39 is 11.8 Å². The van der Waals surface area contributed by atoms with Gasteiger partial charge in [-0.15, -0.1) is 0 Å². The maximum Gasteiger partial charge on any atom is 0.276 e. The van der Waals surface area contributed by atoms with Crippen molar-refractivity contribution in [2.24, 2.45) is 0 Å². The average molecular weight is 529 g/mol. The van der Waals surface area contributed by atoms with Gasteiger partial charge in [0.2, 0.25) is 0 Å². The van der Waals surface area contributed by atoms with Gasteiger partial charge in [-0.1, -0.05) is 60.4 Å². The third kappa shape index (κ3) is 8.72. The number of carbonyl (C=O) groups is 2. The van der Waals surface area contributed by atoms with Gasteiger partial charge in [0.1, 0.15) is 11.5 Å². The minimum atomic E-state index is -0.509. The summed E-state index contributed by atoms with van der Waals surface area (Å²) in [6.45, 7) is 5.83. The van der Waals surface area contributed by atoms with Crippen molar-refractivity contribution in [1.29, 1.82) is 0 Å². The molecule has 0 unspecified atom stereocenters. The lowest BCUT2D eigenvalue weighted by molar-refractivity contribution is -0.124. The second-order valence-corrected chi connectivity index (χ2v) is 9.21. The number of carbonyl (C=O) groups excluding carboxylic acids is 2. The molecule has 0 heterocycles. The van der Waals surface area contributed by atoms with Gasteiger partial charge in [-0.05, 0) is 53.5 Å². The maximum absolute atomic E-state index is 12.0. The van der Waals surface area contributed by atoms with Gasteiger partial charge in [0.15, 0.2) is 18.3 Å². The second-order valence-electron chi connectivity index (χ2n) is 7.48. The highest BCUT2D eigenvalue weighted by Gasteiger charge is 2.13. The Morgan fingerprint density at radius 3 is 2.26 bits per heavy atom. The molecule has 0 aliphatic rings. The van der Waals surface area contributed by atoms with E-state index in [2.05, 4.69) is 52.9 Å². The normalized spacial score (nSPS) is 10.7. The molecule has 7 nitrogen and oxygen atoms in total. The molecule has 2 aromatic rings. The van der Waals surface area contributed by atoms with Crippen molar-refractivity contribution in [2.75, 3.05) is 13.2 Å². The molecule has 0 saturated carbocycles. The van der Waals surface area contributed by atoms with Crippen LogP contribution < -0.4 is 25.6 Å². The number of hydrazine groups is 1. The van der Waals surface area contributed by atoms with Crippen LogP contribution in [-0.4, -0.2) is 30.1 Å². The van der Waals surface area contributed by atoms with E-state index in [0.717, 1.165) is 10.0 Å². The molecular formula is C21H23BrClN3O4S.